The molecule has 2 N–H and O–H groups in total. The Morgan fingerprint density at radius 2 is 1.70 bits per heavy atom. The number of amides is 2. The van der Waals surface area contributed by atoms with Crippen molar-refractivity contribution in [1.29, 1.82) is 0 Å². The summed E-state index contributed by atoms with van der Waals surface area (Å²) in [5, 5.41) is 6.89. The van der Waals surface area contributed by atoms with E-state index in [1.807, 2.05) is 73.0 Å². The summed E-state index contributed by atoms with van der Waals surface area (Å²) < 4.78 is 2.03. The lowest BCUT2D eigenvalue weighted by atomic mass is 10.1. The summed E-state index contributed by atoms with van der Waals surface area (Å²) in [7, 11) is 0. The molecule has 6 heteroatoms. The number of carbonyl (C=O) groups is 2. The highest BCUT2D eigenvalue weighted by Crippen LogP contribution is 2.25. The maximum absolute atomic E-state index is 13.0. The van der Waals surface area contributed by atoms with Crippen LogP contribution in [0.25, 0.3) is 10.9 Å². The van der Waals surface area contributed by atoms with E-state index in [0.29, 0.717) is 23.5 Å². The molecule has 6 nitrogen and oxygen atoms in total. The Kier molecular flexibility index (Phi) is 6.54. The minimum atomic E-state index is -0.152. The standard InChI is InChI=1S/C27H28N4O2/c1-4-13-31-24-8-7-23(30-26(32)21-6-5-18(2)19(3)14-21)15-22(24)16-25(31)27(33)29-17-20-9-11-28-12-10-20/h5-12,14-16H,4,13,17H2,1-3H3,(H,29,33)(H,30,32). The highest BCUT2D eigenvalue weighted by atomic mass is 16.2. The molecule has 2 heterocycles. The van der Waals surface area contributed by atoms with Gasteiger partial charge in [0.15, 0.2) is 0 Å². The fraction of sp³-hybridized carbons (Fsp3) is 0.222. The Balaban J connectivity index is 1.57. The van der Waals surface area contributed by atoms with Crippen LogP contribution >= 0.6 is 0 Å². The van der Waals surface area contributed by atoms with Crippen LogP contribution in [0.15, 0.2) is 67.0 Å². The molecule has 0 bridgehead atoms. The first kappa shape index (κ1) is 22.3. The Morgan fingerprint density at radius 1 is 0.909 bits per heavy atom. The van der Waals surface area contributed by atoms with Crippen LogP contribution < -0.4 is 10.6 Å². The predicted octanol–water partition coefficient (Wildman–Crippen LogP) is 5.25. The summed E-state index contributed by atoms with van der Waals surface area (Å²) in [6.45, 7) is 7.28. The Hall–Kier alpha value is -3.93. The Bertz CT molecular complexity index is 1310. The third kappa shape index (κ3) is 4.95. The lowest BCUT2D eigenvalue weighted by molar-refractivity contribution is 0.0941. The van der Waals surface area contributed by atoms with Crippen molar-refractivity contribution < 1.29 is 9.59 Å². The number of pyridine rings is 1. The van der Waals surface area contributed by atoms with Gasteiger partial charge in [0.05, 0.1) is 0 Å². The van der Waals surface area contributed by atoms with Crippen molar-refractivity contribution in [3.63, 3.8) is 0 Å². The fourth-order valence-corrected chi connectivity index (χ4v) is 3.86. The van der Waals surface area contributed by atoms with Crippen LogP contribution in [0.2, 0.25) is 0 Å². The number of hydrogen-bond donors (Lipinski definition) is 2. The number of fused-ring (bicyclic) bond motifs is 1. The van der Waals surface area contributed by atoms with Crippen molar-refractivity contribution in [3.05, 3.63) is 94.9 Å². The van der Waals surface area contributed by atoms with Crippen molar-refractivity contribution >= 4 is 28.4 Å². The number of rotatable bonds is 7. The lowest BCUT2D eigenvalue weighted by Gasteiger charge is -2.11. The molecular weight excluding hydrogens is 412 g/mol. The third-order valence-corrected chi connectivity index (χ3v) is 5.81. The Morgan fingerprint density at radius 3 is 2.42 bits per heavy atom. The number of hydrogen-bond acceptors (Lipinski definition) is 3. The van der Waals surface area contributed by atoms with E-state index in [1.54, 1.807) is 12.4 Å². The van der Waals surface area contributed by atoms with Crippen molar-refractivity contribution in [2.45, 2.75) is 40.3 Å². The first-order valence-electron chi connectivity index (χ1n) is 11.1. The number of nitrogens with zero attached hydrogens (tertiary/aromatic N) is 2. The summed E-state index contributed by atoms with van der Waals surface area (Å²) in [5.74, 6) is -0.280. The monoisotopic (exact) mass is 440 g/mol. The molecule has 0 radical (unpaired) electrons. The second-order valence-corrected chi connectivity index (χ2v) is 8.25. The van der Waals surface area contributed by atoms with Gasteiger partial charge >= 0.3 is 0 Å². The molecule has 0 atom stereocenters. The predicted molar refractivity (Wildman–Crippen MR) is 132 cm³/mol. The number of aromatic nitrogens is 2. The molecule has 2 amide bonds. The summed E-state index contributed by atoms with van der Waals surface area (Å²) in [6, 6.07) is 17.1. The van der Waals surface area contributed by atoms with Gasteiger partial charge in [-0.25, -0.2) is 0 Å². The van der Waals surface area contributed by atoms with Gasteiger partial charge < -0.3 is 15.2 Å². The van der Waals surface area contributed by atoms with E-state index in [0.717, 1.165) is 40.6 Å². The average molecular weight is 441 g/mol. The number of anilines is 1. The van der Waals surface area contributed by atoms with Crippen molar-refractivity contribution in [1.82, 2.24) is 14.9 Å². The second-order valence-electron chi connectivity index (χ2n) is 8.25. The average Bonchev–Trinajstić information content (AvgIpc) is 3.18. The zero-order valence-corrected chi connectivity index (χ0v) is 19.2. The maximum Gasteiger partial charge on any atom is 0.268 e. The molecule has 0 aliphatic heterocycles. The van der Waals surface area contributed by atoms with Crippen LogP contribution in [-0.2, 0) is 13.1 Å². The van der Waals surface area contributed by atoms with Crippen LogP contribution in [0.3, 0.4) is 0 Å². The first-order valence-corrected chi connectivity index (χ1v) is 11.1. The third-order valence-electron chi connectivity index (χ3n) is 5.81. The van der Waals surface area contributed by atoms with Crippen LogP contribution in [0, 0.1) is 13.8 Å². The molecule has 0 aliphatic rings. The van der Waals surface area contributed by atoms with Gasteiger partial charge in [0.1, 0.15) is 5.69 Å². The molecule has 4 aromatic rings. The molecule has 0 fully saturated rings. The highest BCUT2D eigenvalue weighted by molar-refractivity contribution is 6.06. The van der Waals surface area contributed by atoms with E-state index >= 15 is 0 Å². The van der Waals surface area contributed by atoms with Gasteiger partial charge in [-0.2, -0.15) is 0 Å². The van der Waals surface area contributed by atoms with Gasteiger partial charge in [0.25, 0.3) is 11.8 Å². The minimum Gasteiger partial charge on any atom is -0.347 e. The number of aryl methyl sites for hydroxylation is 3. The van der Waals surface area contributed by atoms with Gasteiger partial charge in [-0.15, -0.1) is 0 Å². The fourth-order valence-electron chi connectivity index (χ4n) is 3.86. The minimum absolute atomic E-state index is 0.128. The molecule has 2 aromatic heterocycles. The van der Waals surface area contributed by atoms with Crippen molar-refractivity contribution in [2.75, 3.05) is 5.32 Å². The topological polar surface area (TPSA) is 76.0 Å². The molecule has 0 saturated carbocycles. The van der Waals surface area contributed by atoms with E-state index in [4.69, 9.17) is 0 Å². The summed E-state index contributed by atoms with van der Waals surface area (Å²) in [5.41, 5.74) is 6.12. The second kappa shape index (κ2) is 9.69. The summed E-state index contributed by atoms with van der Waals surface area (Å²) >= 11 is 0. The van der Waals surface area contributed by atoms with Crippen molar-refractivity contribution in [3.8, 4) is 0 Å². The largest absolute Gasteiger partial charge is 0.347 e. The summed E-state index contributed by atoms with van der Waals surface area (Å²) in [4.78, 5) is 29.7. The lowest BCUT2D eigenvalue weighted by Crippen LogP contribution is -2.25. The van der Waals surface area contributed by atoms with Gasteiger partial charge in [-0.1, -0.05) is 13.0 Å². The SMILES string of the molecule is CCCn1c(C(=O)NCc2ccncc2)cc2cc(NC(=O)c3ccc(C)c(C)c3)ccc21. The van der Waals surface area contributed by atoms with E-state index < -0.39 is 0 Å². The van der Waals surface area contributed by atoms with Gasteiger partial charge in [-0.05, 0) is 85.5 Å². The smallest absolute Gasteiger partial charge is 0.268 e. The molecule has 2 aromatic carbocycles. The van der Waals surface area contributed by atoms with Crippen LogP contribution in [0.1, 0.15) is 50.9 Å². The maximum atomic E-state index is 13.0. The first-order chi connectivity index (χ1) is 16.0. The zero-order chi connectivity index (χ0) is 23.4. The normalized spacial score (nSPS) is 10.9. The molecule has 4 rings (SSSR count). The highest BCUT2D eigenvalue weighted by Gasteiger charge is 2.16. The van der Waals surface area contributed by atoms with Gasteiger partial charge in [0.2, 0.25) is 0 Å². The van der Waals surface area contributed by atoms with E-state index in [1.165, 1.54) is 0 Å². The van der Waals surface area contributed by atoms with Crippen LogP contribution in [-0.4, -0.2) is 21.4 Å². The summed E-state index contributed by atoms with van der Waals surface area (Å²) in [6.07, 6.45) is 4.33. The van der Waals surface area contributed by atoms with Crippen LogP contribution in [0.4, 0.5) is 5.69 Å². The van der Waals surface area contributed by atoms with Gasteiger partial charge in [-0.3, -0.25) is 14.6 Å². The molecule has 0 saturated heterocycles. The number of carbonyl (C=O) groups excluding carboxylic acids is 2. The molecule has 0 unspecified atom stereocenters. The van der Waals surface area contributed by atoms with Crippen molar-refractivity contribution in [2.24, 2.45) is 0 Å². The zero-order valence-electron chi connectivity index (χ0n) is 19.2. The van der Waals surface area contributed by atoms with E-state index in [9.17, 15) is 9.59 Å². The molecule has 33 heavy (non-hydrogen) atoms. The molecule has 0 spiro atoms. The molecular formula is C27H28N4O2. The number of benzene rings is 2. The molecule has 0 aliphatic carbocycles. The molecule has 168 valence electrons. The van der Waals surface area contributed by atoms with Gasteiger partial charge in [0, 0.05) is 47.6 Å². The quantitative estimate of drug-likeness (QED) is 0.412. The van der Waals surface area contributed by atoms with Crippen LogP contribution in [0.5, 0.6) is 0 Å². The Labute approximate surface area is 193 Å². The number of nitrogens with one attached hydrogen (secondary N) is 2. The van der Waals surface area contributed by atoms with E-state index in [-0.39, 0.29) is 11.8 Å². The van der Waals surface area contributed by atoms with E-state index in [2.05, 4.69) is 22.5 Å².